The van der Waals surface area contributed by atoms with Gasteiger partial charge in [-0.15, -0.1) is 0 Å². The number of ether oxygens (including phenoxy) is 1. The molecule has 2 rings (SSSR count). The molecule has 0 aromatic heterocycles. The minimum absolute atomic E-state index is 0.463. The molecule has 0 unspecified atom stereocenters. The Hall–Kier alpha value is -2.17. The molecule has 2 aromatic rings. The van der Waals surface area contributed by atoms with E-state index < -0.39 is 23.7 Å². The first-order chi connectivity index (χ1) is 11.4. The van der Waals surface area contributed by atoms with E-state index in [0.717, 1.165) is 5.56 Å². The third kappa shape index (κ3) is 5.48. The summed E-state index contributed by atoms with van der Waals surface area (Å²) >= 11 is 0. The van der Waals surface area contributed by atoms with Crippen molar-refractivity contribution in [2.45, 2.75) is 45.1 Å². The van der Waals surface area contributed by atoms with E-state index in [1.165, 1.54) is 0 Å². The van der Waals surface area contributed by atoms with Crippen molar-refractivity contribution >= 4 is 5.97 Å². The molecule has 4 nitrogen and oxygen atoms in total. The molecule has 0 aliphatic rings. The summed E-state index contributed by atoms with van der Waals surface area (Å²) in [6, 6.07) is 18.0. The lowest BCUT2D eigenvalue weighted by Gasteiger charge is -2.27. The summed E-state index contributed by atoms with van der Waals surface area (Å²) < 4.78 is 5.47. The molecule has 24 heavy (non-hydrogen) atoms. The van der Waals surface area contributed by atoms with Gasteiger partial charge in [-0.2, -0.15) is 0 Å². The van der Waals surface area contributed by atoms with E-state index in [1.807, 2.05) is 69.3 Å². The highest BCUT2D eigenvalue weighted by molar-refractivity contribution is 5.77. The number of hydrogen-bond donors (Lipinski definition) is 2. The largest absolute Gasteiger partial charge is 0.459 e. The normalized spacial score (nSPS) is 14.0. The van der Waals surface area contributed by atoms with Crippen molar-refractivity contribution in [2.75, 3.05) is 0 Å². The topological polar surface area (TPSA) is 58.6 Å². The molecule has 0 aliphatic carbocycles. The Labute approximate surface area is 143 Å². The Morgan fingerprint density at radius 2 is 1.58 bits per heavy atom. The van der Waals surface area contributed by atoms with E-state index in [-0.39, 0.29) is 0 Å². The standard InChI is InChI=1S/C20H25NO3/c1-20(2,3)24-19(23)17(18(22)16-12-8-5-9-13-16)21-14-15-10-6-4-7-11-15/h4-13,17-18,21-22H,14H2,1-3H3/t17-,18+/m0/s1. The monoisotopic (exact) mass is 327 g/mol. The first-order valence-corrected chi connectivity index (χ1v) is 8.10. The highest BCUT2D eigenvalue weighted by Crippen LogP contribution is 2.20. The lowest BCUT2D eigenvalue weighted by Crippen LogP contribution is -2.45. The zero-order valence-corrected chi connectivity index (χ0v) is 14.4. The number of benzene rings is 2. The third-order valence-electron chi connectivity index (χ3n) is 3.49. The average Bonchev–Trinajstić information content (AvgIpc) is 2.55. The molecule has 0 fully saturated rings. The van der Waals surface area contributed by atoms with Gasteiger partial charge in [-0.1, -0.05) is 60.7 Å². The van der Waals surface area contributed by atoms with Crippen molar-refractivity contribution in [2.24, 2.45) is 0 Å². The minimum Gasteiger partial charge on any atom is -0.459 e. The summed E-state index contributed by atoms with van der Waals surface area (Å²) in [6.07, 6.45) is -0.982. The van der Waals surface area contributed by atoms with Gasteiger partial charge in [0.2, 0.25) is 0 Å². The number of nitrogens with one attached hydrogen (secondary N) is 1. The predicted molar refractivity (Wildman–Crippen MR) is 94.3 cm³/mol. The second kappa shape index (κ2) is 8.08. The van der Waals surface area contributed by atoms with Crippen LogP contribution in [0.3, 0.4) is 0 Å². The Morgan fingerprint density at radius 1 is 1.04 bits per heavy atom. The molecule has 128 valence electrons. The van der Waals surface area contributed by atoms with Gasteiger partial charge in [0.1, 0.15) is 17.7 Å². The Balaban J connectivity index is 2.15. The van der Waals surface area contributed by atoms with E-state index in [0.29, 0.717) is 12.1 Å². The van der Waals surface area contributed by atoms with Crippen LogP contribution in [0.4, 0.5) is 0 Å². The van der Waals surface area contributed by atoms with Crippen LogP contribution in [0.1, 0.15) is 38.0 Å². The number of esters is 1. The van der Waals surface area contributed by atoms with Crippen LogP contribution in [0, 0.1) is 0 Å². The molecule has 0 heterocycles. The fraction of sp³-hybridized carbons (Fsp3) is 0.350. The molecule has 2 atom stereocenters. The smallest absolute Gasteiger partial charge is 0.326 e. The summed E-state index contributed by atoms with van der Waals surface area (Å²) in [7, 11) is 0. The summed E-state index contributed by atoms with van der Waals surface area (Å²) in [5, 5.41) is 13.8. The highest BCUT2D eigenvalue weighted by Gasteiger charge is 2.31. The summed E-state index contributed by atoms with van der Waals surface area (Å²) in [6.45, 7) is 5.91. The third-order valence-corrected chi connectivity index (χ3v) is 3.49. The molecule has 4 heteroatoms. The molecule has 2 aromatic carbocycles. The second-order valence-electron chi connectivity index (χ2n) is 6.73. The lowest BCUT2D eigenvalue weighted by molar-refractivity contribution is -0.160. The van der Waals surface area contributed by atoms with Crippen molar-refractivity contribution in [3.63, 3.8) is 0 Å². The van der Waals surface area contributed by atoms with Crippen molar-refractivity contribution in [3.05, 3.63) is 71.8 Å². The fourth-order valence-corrected chi connectivity index (χ4v) is 2.36. The number of rotatable bonds is 6. The summed E-state index contributed by atoms with van der Waals surface area (Å²) in [4.78, 5) is 12.6. The van der Waals surface area contributed by atoms with Crippen molar-refractivity contribution in [1.82, 2.24) is 5.32 Å². The molecule has 0 aliphatic heterocycles. The van der Waals surface area contributed by atoms with Crippen LogP contribution in [0.2, 0.25) is 0 Å². The number of hydrogen-bond acceptors (Lipinski definition) is 4. The minimum atomic E-state index is -0.982. The maximum Gasteiger partial charge on any atom is 0.326 e. The first-order valence-electron chi connectivity index (χ1n) is 8.10. The van der Waals surface area contributed by atoms with Crippen molar-refractivity contribution in [3.8, 4) is 0 Å². The van der Waals surface area contributed by atoms with E-state index >= 15 is 0 Å². The summed E-state index contributed by atoms with van der Waals surface area (Å²) in [5.74, 6) is -0.463. The average molecular weight is 327 g/mol. The van der Waals surface area contributed by atoms with Crippen LogP contribution in [-0.2, 0) is 16.1 Å². The van der Waals surface area contributed by atoms with Gasteiger partial charge < -0.3 is 9.84 Å². The van der Waals surface area contributed by atoms with Gasteiger partial charge in [-0.3, -0.25) is 10.1 Å². The van der Waals surface area contributed by atoms with E-state index in [4.69, 9.17) is 4.74 Å². The number of aliphatic hydroxyl groups is 1. The Bertz CT molecular complexity index is 635. The zero-order valence-electron chi connectivity index (χ0n) is 14.4. The van der Waals surface area contributed by atoms with E-state index in [9.17, 15) is 9.90 Å². The summed E-state index contributed by atoms with van der Waals surface area (Å²) in [5.41, 5.74) is 1.10. The van der Waals surface area contributed by atoms with Gasteiger partial charge in [0, 0.05) is 6.54 Å². The molecule has 2 N–H and O–H groups in total. The van der Waals surface area contributed by atoms with Gasteiger partial charge in [-0.05, 0) is 31.9 Å². The second-order valence-corrected chi connectivity index (χ2v) is 6.73. The van der Waals surface area contributed by atoms with Crippen LogP contribution in [-0.4, -0.2) is 22.7 Å². The van der Waals surface area contributed by atoms with Crippen LogP contribution in [0.5, 0.6) is 0 Å². The highest BCUT2D eigenvalue weighted by atomic mass is 16.6. The molecule has 0 bridgehead atoms. The quantitative estimate of drug-likeness (QED) is 0.800. The van der Waals surface area contributed by atoms with Gasteiger partial charge in [-0.25, -0.2) is 0 Å². The molecule has 0 amide bonds. The predicted octanol–water partition coefficient (Wildman–Crippen LogP) is 3.22. The van der Waals surface area contributed by atoms with Gasteiger partial charge in [0.05, 0.1) is 0 Å². The molecule has 0 saturated carbocycles. The fourth-order valence-electron chi connectivity index (χ4n) is 2.36. The Kier molecular flexibility index (Phi) is 6.12. The zero-order chi connectivity index (χ0) is 17.6. The maximum absolute atomic E-state index is 12.6. The molecule has 0 saturated heterocycles. The van der Waals surface area contributed by atoms with Crippen molar-refractivity contribution in [1.29, 1.82) is 0 Å². The molecule has 0 spiro atoms. The van der Waals surface area contributed by atoms with Crippen LogP contribution in [0.25, 0.3) is 0 Å². The van der Waals surface area contributed by atoms with E-state index in [1.54, 1.807) is 12.1 Å². The number of carbonyl (C=O) groups is 1. The van der Waals surface area contributed by atoms with Crippen molar-refractivity contribution < 1.29 is 14.6 Å². The van der Waals surface area contributed by atoms with Gasteiger partial charge >= 0.3 is 5.97 Å². The van der Waals surface area contributed by atoms with Crippen LogP contribution < -0.4 is 5.32 Å². The maximum atomic E-state index is 12.6. The molecular weight excluding hydrogens is 302 g/mol. The molecular formula is C20H25NO3. The lowest BCUT2D eigenvalue weighted by atomic mass is 10.0. The van der Waals surface area contributed by atoms with Gasteiger partial charge in [0.15, 0.2) is 0 Å². The van der Waals surface area contributed by atoms with Gasteiger partial charge in [0.25, 0.3) is 0 Å². The number of carbonyl (C=O) groups excluding carboxylic acids is 1. The van der Waals surface area contributed by atoms with Crippen LogP contribution >= 0.6 is 0 Å². The number of aliphatic hydroxyl groups excluding tert-OH is 1. The van der Waals surface area contributed by atoms with E-state index in [2.05, 4.69) is 5.32 Å². The molecule has 0 radical (unpaired) electrons. The Morgan fingerprint density at radius 3 is 2.12 bits per heavy atom. The SMILES string of the molecule is CC(C)(C)OC(=O)[C@@H](NCc1ccccc1)[C@H](O)c1ccccc1. The van der Waals surface area contributed by atoms with Crippen LogP contribution in [0.15, 0.2) is 60.7 Å². The first kappa shape index (κ1) is 18.2.